The van der Waals surface area contributed by atoms with E-state index < -0.39 is 0 Å². The topological polar surface area (TPSA) is 61.7 Å². The van der Waals surface area contributed by atoms with Crippen LogP contribution in [0.2, 0.25) is 0 Å². The number of rotatable bonds is 4. The third-order valence-corrected chi connectivity index (χ3v) is 5.30. The van der Waals surface area contributed by atoms with E-state index in [1.165, 1.54) is 0 Å². The van der Waals surface area contributed by atoms with Gasteiger partial charge in [0.25, 0.3) is 5.91 Å². The zero-order valence-corrected chi connectivity index (χ0v) is 15.2. The summed E-state index contributed by atoms with van der Waals surface area (Å²) < 4.78 is 0. The normalized spacial score (nSPS) is 11.9. The maximum absolute atomic E-state index is 12.2. The number of carbonyl (C=O) groups is 1. The first-order valence-corrected chi connectivity index (χ1v) is 8.99. The predicted molar refractivity (Wildman–Crippen MR) is 104 cm³/mol. The van der Waals surface area contributed by atoms with Crippen molar-refractivity contribution >= 4 is 33.7 Å². The molecule has 1 heterocycles. The van der Waals surface area contributed by atoms with E-state index >= 15 is 0 Å². The minimum Gasteiger partial charge on any atom is -0.507 e. The van der Waals surface area contributed by atoms with Crippen molar-refractivity contribution in [1.82, 2.24) is 5.43 Å². The average Bonchev–Trinajstić information content (AvgIpc) is 3.10. The van der Waals surface area contributed by atoms with Crippen LogP contribution in [-0.4, -0.2) is 16.7 Å². The highest BCUT2D eigenvalue weighted by atomic mass is 32.1. The number of fused-ring (bicyclic) bond motifs is 1. The Morgan fingerprint density at radius 3 is 2.68 bits per heavy atom. The molecule has 5 heteroatoms. The molecule has 0 atom stereocenters. The molecule has 0 aliphatic carbocycles. The van der Waals surface area contributed by atoms with Crippen LogP contribution in [0.25, 0.3) is 10.8 Å². The molecule has 1 aromatic heterocycles. The second-order valence-corrected chi connectivity index (χ2v) is 7.16. The van der Waals surface area contributed by atoms with E-state index in [4.69, 9.17) is 0 Å². The quantitative estimate of drug-likeness (QED) is 0.519. The van der Waals surface area contributed by atoms with E-state index in [9.17, 15) is 9.90 Å². The van der Waals surface area contributed by atoms with Crippen LogP contribution in [0.3, 0.4) is 0 Å². The fourth-order valence-electron chi connectivity index (χ4n) is 2.58. The SMILES string of the molecule is C/C(=N/NC(=O)c1csc(C(C)C)c1)c1ccc2ccccc2c1O. The molecule has 0 unspecified atom stereocenters. The van der Waals surface area contributed by atoms with Crippen molar-refractivity contribution in [2.45, 2.75) is 26.7 Å². The van der Waals surface area contributed by atoms with E-state index in [0.29, 0.717) is 22.8 Å². The van der Waals surface area contributed by atoms with E-state index in [1.54, 1.807) is 18.3 Å². The number of phenols is 1. The van der Waals surface area contributed by atoms with Crippen LogP contribution in [0, 0.1) is 0 Å². The van der Waals surface area contributed by atoms with E-state index in [2.05, 4.69) is 24.4 Å². The van der Waals surface area contributed by atoms with Crippen molar-refractivity contribution in [3.8, 4) is 5.75 Å². The van der Waals surface area contributed by atoms with Crippen LogP contribution in [0.1, 0.15) is 47.5 Å². The summed E-state index contributed by atoms with van der Waals surface area (Å²) in [5.74, 6) is 0.320. The van der Waals surface area contributed by atoms with Gasteiger partial charge in [0.2, 0.25) is 0 Å². The first-order chi connectivity index (χ1) is 12.0. The number of aromatic hydroxyl groups is 1. The van der Waals surface area contributed by atoms with Crippen LogP contribution in [0.15, 0.2) is 52.9 Å². The van der Waals surface area contributed by atoms with E-state index in [1.807, 2.05) is 47.8 Å². The lowest BCUT2D eigenvalue weighted by Gasteiger charge is -2.08. The zero-order valence-electron chi connectivity index (χ0n) is 14.4. The lowest BCUT2D eigenvalue weighted by molar-refractivity contribution is 0.0955. The molecule has 0 radical (unpaired) electrons. The fourth-order valence-corrected chi connectivity index (χ4v) is 3.49. The van der Waals surface area contributed by atoms with Crippen molar-refractivity contribution < 1.29 is 9.90 Å². The molecule has 0 aliphatic rings. The molecule has 4 nitrogen and oxygen atoms in total. The first kappa shape index (κ1) is 17.2. The number of benzene rings is 2. The van der Waals surface area contributed by atoms with Crippen LogP contribution in [0.5, 0.6) is 5.75 Å². The molecule has 0 aliphatic heterocycles. The number of hydrazone groups is 1. The van der Waals surface area contributed by atoms with Gasteiger partial charge in [0.05, 0.1) is 11.3 Å². The molecule has 0 fully saturated rings. The first-order valence-electron chi connectivity index (χ1n) is 8.11. The van der Waals surface area contributed by atoms with Crippen molar-refractivity contribution in [2.24, 2.45) is 5.10 Å². The van der Waals surface area contributed by atoms with Gasteiger partial charge in [-0.1, -0.05) is 44.2 Å². The Bertz CT molecular complexity index is 957. The summed E-state index contributed by atoms with van der Waals surface area (Å²) in [6.07, 6.45) is 0. The van der Waals surface area contributed by atoms with Gasteiger partial charge in [0, 0.05) is 21.2 Å². The van der Waals surface area contributed by atoms with Crippen LogP contribution in [0.4, 0.5) is 0 Å². The van der Waals surface area contributed by atoms with Gasteiger partial charge >= 0.3 is 0 Å². The Kier molecular flexibility index (Phi) is 4.86. The largest absolute Gasteiger partial charge is 0.507 e. The van der Waals surface area contributed by atoms with Crippen molar-refractivity contribution in [3.63, 3.8) is 0 Å². The highest BCUT2D eigenvalue weighted by Gasteiger charge is 2.12. The van der Waals surface area contributed by atoms with E-state index in [-0.39, 0.29) is 11.7 Å². The van der Waals surface area contributed by atoms with Gasteiger partial charge < -0.3 is 5.11 Å². The number of hydrogen-bond acceptors (Lipinski definition) is 4. The molecule has 1 amide bonds. The van der Waals surface area contributed by atoms with Gasteiger partial charge in [-0.25, -0.2) is 5.43 Å². The summed E-state index contributed by atoms with van der Waals surface area (Å²) in [7, 11) is 0. The summed E-state index contributed by atoms with van der Waals surface area (Å²) >= 11 is 1.57. The molecular weight excluding hydrogens is 332 g/mol. The molecule has 128 valence electrons. The third-order valence-electron chi connectivity index (χ3n) is 4.07. The van der Waals surface area contributed by atoms with Crippen molar-refractivity contribution in [3.05, 3.63) is 63.8 Å². The Morgan fingerprint density at radius 1 is 1.20 bits per heavy atom. The summed E-state index contributed by atoms with van der Waals surface area (Å²) in [5, 5.41) is 18.2. The zero-order chi connectivity index (χ0) is 18.0. The number of phenolic OH excluding ortho intramolecular Hbond substituents is 1. The van der Waals surface area contributed by atoms with Gasteiger partial charge in [-0.05, 0) is 30.4 Å². The standard InChI is InChI=1S/C20H20N2O2S/c1-12(2)18-10-15(11-25-18)20(24)22-21-13(3)16-9-8-14-6-4-5-7-17(14)19(16)23/h4-12,23H,1-3H3,(H,22,24)/b21-13-. The molecule has 2 N–H and O–H groups in total. The lowest BCUT2D eigenvalue weighted by atomic mass is 10.0. The third kappa shape index (κ3) is 3.56. The molecule has 25 heavy (non-hydrogen) atoms. The number of nitrogens with zero attached hydrogens (tertiary/aromatic N) is 1. The summed E-state index contributed by atoms with van der Waals surface area (Å²) in [5.41, 5.74) is 4.33. The second kappa shape index (κ2) is 7.07. The van der Waals surface area contributed by atoms with Crippen LogP contribution >= 0.6 is 11.3 Å². The highest BCUT2D eigenvalue weighted by Crippen LogP contribution is 2.29. The van der Waals surface area contributed by atoms with Crippen molar-refractivity contribution in [1.29, 1.82) is 0 Å². The number of thiophene rings is 1. The number of nitrogens with one attached hydrogen (secondary N) is 1. The maximum atomic E-state index is 12.2. The average molecular weight is 352 g/mol. The smallest absolute Gasteiger partial charge is 0.272 e. The number of carbonyl (C=O) groups excluding carboxylic acids is 1. The lowest BCUT2D eigenvalue weighted by Crippen LogP contribution is -2.18. The van der Waals surface area contributed by atoms with Crippen LogP contribution in [-0.2, 0) is 0 Å². The molecule has 0 saturated heterocycles. The molecule has 0 bridgehead atoms. The highest BCUT2D eigenvalue weighted by molar-refractivity contribution is 7.10. The predicted octanol–water partition coefficient (Wildman–Crippen LogP) is 4.88. The van der Waals surface area contributed by atoms with Gasteiger partial charge in [-0.3, -0.25) is 4.79 Å². The Morgan fingerprint density at radius 2 is 1.96 bits per heavy atom. The molecule has 0 saturated carbocycles. The van der Waals surface area contributed by atoms with Crippen LogP contribution < -0.4 is 5.43 Å². The Hall–Kier alpha value is -2.66. The number of amides is 1. The van der Waals surface area contributed by atoms with Gasteiger partial charge in [0.15, 0.2) is 0 Å². The van der Waals surface area contributed by atoms with Gasteiger partial charge in [-0.2, -0.15) is 5.10 Å². The van der Waals surface area contributed by atoms with Crippen molar-refractivity contribution in [2.75, 3.05) is 0 Å². The molecule has 2 aromatic carbocycles. The molecule has 3 aromatic rings. The Labute approximate surface area is 150 Å². The minimum atomic E-state index is -0.247. The monoisotopic (exact) mass is 352 g/mol. The van der Waals surface area contributed by atoms with Gasteiger partial charge in [0.1, 0.15) is 5.75 Å². The molecule has 3 rings (SSSR count). The minimum absolute atomic E-state index is 0.172. The fraction of sp³-hybridized carbons (Fsp3) is 0.200. The maximum Gasteiger partial charge on any atom is 0.272 e. The number of hydrogen-bond donors (Lipinski definition) is 2. The molecule has 0 spiro atoms. The summed E-state index contributed by atoms with van der Waals surface area (Å²) in [6, 6.07) is 13.2. The molecular formula is C20H20N2O2S. The second-order valence-electron chi connectivity index (χ2n) is 6.21. The van der Waals surface area contributed by atoms with Gasteiger partial charge in [-0.15, -0.1) is 11.3 Å². The Balaban J connectivity index is 1.81. The summed E-state index contributed by atoms with van der Waals surface area (Å²) in [4.78, 5) is 13.4. The summed E-state index contributed by atoms with van der Waals surface area (Å²) in [6.45, 7) is 5.95. The van der Waals surface area contributed by atoms with E-state index in [0.717, 1.165) is 15.6 Å².